The van der Waals surface area contributed by atoms with E-state index < -0.39 is 0 Å². The van der Waals surface area contributed by atoms with Crippen molar-refractivity contribution in [2.45, 2.75) is 6.92 Å². The lowest BCUT2D eigenvalue weighted by atomic mass is 10.1. The van der Waals surface area contributed by atoms with E-state index in [1.807, 2.05) is 0 Å². The van der Waals surface area contributed by atoms with Crippen LogP contribution in [0.4, 0.5) is 0 Å². The molecule has 0 aliphatic rings. The molecule has 4 nitrogen and oxygen atoms in total. The molecule has 0 radical (unpaired) electrons. The van der Waals surface area contributed by atoms with E-state index in [2.05, 4.69) is 5.16 Å². The smallest absolute Gasteiger partial charge is 0.119 e. The van der Waals surface area contributed by atoms with Gasteiger partial charge in [0.05, 0.1) is 12.3 Å². The van der Waals surface area contributed by atoms with E-state index in [0.717, 1.165) is 5.56 Å². The van der Waals surface area contributed by atoms with Gasteiger partial charge in [0.2, 0.25) is 0 Å². The van der Waals surface area contributed by atoms with Crippen LogP contribution in [0.3, 0.4) is 0 Å². The topological polar surface area (TPSA) is 62.1 Å². The minimum atomic E-state index is -0.00111. The predicted octanol–water partition coefficient (Wildman–Crippen LogP) is 1.26. The SMILES string of the molecule is C/C(=N/O)c1ccc(OCCO)cc1. The molecule has 14 heavy (non-hydrogen) atoms. The highest BCUT2D eigenvalue weighted by atomic mass is 16.5. The van der Waals surface area contributed by atoms with Gasteiger partial charge >= 0.3 is 0 Å². The first-order chi connectivity index (χ1) is 6.77. The molecule has 0 heterocycles. The number of hydrogen-bond donors (Lipinski definition) is 2. The van der Waals surface area contributed by atoms with Gasteiger partial charge in [0, 0.05) is 0 Å². The molecule has 0 atom stereocenters. The van der Waals surface area contributed by atoms with Crippen LogP contribution in [-0.2, 0) is 0 Å². The Balaban J connectivity index is 2.68. The second-order valence-electron chi connectivity index (χ2n) is 2.78. The zero-order valence-corrected chi connectivity index (χ0v) is 7.97. The zero-order valence-electron chi connectivity index (χ0n) is 7.97. The average molecular weight is 195 g/mol. The molecule has 0 aliphatic heterocycles. The molecular weight excluding hydrogens is 182 g/mol. The van der Waals surface area contributed by atoms with E-state index >= 15 is 0 Å². The van der Waals surface area contributed by atoms with E-state index in [1.54, 1.807) is 31.2 Å². The van der Waals surface area contributed by atoms with Gasteiger partial charge in [-0.25, -0.2) is 0 Å². The molecule has 76 valence electrons. The molecule has 0 aromatic heterocycles. The van der Waals surface area contributed by atoms with Crippen LogP contribution in [0, 0.1) is 0 Å². The predicted molar refractivity (Wildman–Crippen MR) is 53.0 cm³/mol. The monoisotopic (exact) mass is 195 g/mol. The van der Waals surface area contributed by atoms with Crippen LogP contribution < -0.4 is 4.74 Å². The van der Waals surface area contributed by atoms with Gasteiger partial charge in [-0.1, -0.05) is 5.16 Å². The van der Waals surface area contributed by atoms with Crippen molar-refractivity contribution in [3.05, 3.63) is 29.8 Å². The summed E-state index contributed by atoms with van der Waals surface area (Å²) >= 11 is 0. The standard InChI is InChI=1S/C10H13NO3/c1-8(11-13)9-2-4-10(5-3-9)14-7-6-12/h2-5,12-13H,6-7H2,1H3/b11-8-. The lowest BCUT2D eigenvalue weighted by Crippen LogP contribution is -2.02. The number of hydrogen-bond acceptors (Lipinski definition) is 4. The molecule has 0 aliphatic carbocycles. The van der Waals surface area contributed by atoms with E-state index in [4.69, 9.17) is 15.1 Å². The highest BCUT2D eigenvalue weighted by Gasteiger charge is 1.98. The van der Waals surface area contributed by atoms with Crippen LogP contribution in [0.15, 0.2) is 29.4 Å². The van der Waals surface area contributed by atoms with Crippen molar-refractivity contribution in [3.8, 4) is 5.75 Å². The Morgan fingerprint density at radius 2 is 2.00 bits per heavy atom. The van der Waals surface area contributed by atoms with Crippen LogP contribution in [-0.4, -0.2) is 29.2 Å². The van der Waals surface area contributed by atoms with E-state index in [0.29, 0.717) is 11.5 Å². The van der Waals surface area contributed by atoms with Crippen molar-refractivity contribution in [1.29, 1.82) is 0 Å². The molecule has 0 fully saturated rings. The third-order valence-electron chi connectivity index (χ3n) is 1.78. The number of ether oxygens (including phenoxy) is 1. The number of rotatable bonds is 4. The van der Waals surface area contributed by atoms with Gasteiger partial charge in [0.15, 0.2) is 0 Å². The van der Waals surface area contributed by atoms with Crippen molar-refractivity contribution in [1.82, 2.24) is 0 Å². The number of oxime groups is 1. The van der Waals surface area contributed by atoms with Crippen molar-refractivity contribution >= 4 is 5.71 Å². The maximum Gasteiger partial charge on any atom is 0.119 e. The van der Waals surface area contributed by atoms with Gasteiger partial charge in [-0.3, -0.25) is 0 Å². The number of nitrogens with zero attached hydrogens (tertiary/aromatic N) is 1. The minimum Gasteiger partial charge on any atom is -0.491 e. The summed E-state index contributed by atoms with van der Waals surface area (Å²) in [7, 11) is 0. The highest BCUT2D eigenvalue weighted by Crippen LogP contribution is 2.12. The third kappa shape index (κ3) is 2.74. The summed E-state index contributed by atoms with van der Waals surface area (Å²) in [6, 6.07) is 7.11. The Bertz CT molecular complexity index is 306. The zero-order chi connectivity index (χ0) is 10.4. The molecular formula is C10H13NO3. The minimum absolute atomic E-state index is 0.00111. The maximum atomic E-state index is 8.53. The fourth-order valence-electron chi connectivity index (χ4n) is 1.01. The lowest BCUT2D eigenvalue weighted by Gasteiger charge is -2.04. The molecule has 0 saturated carbocycles. The molecule has 4 heteroatoms. The maximum absolute atomic E-state index is 8.53. The first-order valence-corrected chi connectivity index (χ1v) is 4.30. The van der Waals surface area contributed by atoms with Gasteiger partial charge in [0.25, 0.3) is 0 Å². The summed E-state index contributed by atoms with van der Waals surface area (Å²) in [5, 5.41) is 20.1. The van der Waals surface area contributed by atoms with Crippen LogP contribution in [0.25, 0.3) is 0 Å². The summed E-state index contributed by atoms with van der Waals surface area (Å²) in [6.07, 6.45) is 0. The molecule has 2 N–H and O–H groups in total. The molecule has 0 bridgehead atoms. The molecule has 0 unspecified atom stereocenters. The summed E-state index contributed by atoms with van der Waals surface area (Å²) in [5.74, 6) is 0.688. The second-order valence-corrected chi connectivity index (χ2v) is 2.78. The fourth-order valence-corrected chi connectivity index (χ4v) is 1.01. The first-order valence-electron chi connectivity index (χ1n) is 4.30. The largest absolute Gasteiger partial charge is 0.491 e. The van der Waals surface area contributed by atoms with E-state index in [1.165, 1.54) is 0 Å². The Labute approximate surface area is 82.4 Å². The summed E-state index contributed by atoms with van der Waals surface area (Å²) in [5.41, 5.74) is 1.39. The van der Waals surface area contributed by atoms with Crippen molar-refractivity contribution < 1.29 is 15.1 Å². The van der Waals surface area contributed by atoms with Gasteiger partial charge in [-0.2, -0.15) is 0 Å². The fraction of sp³-hybridized carbons (Fsp3) is 0.300. The highest BCUT2D eigenvalue weighted by molar-refractivity contribution is 5.98. The Morgan fingerprint density at radius 1 is 1.36 bits per heavy atom. The summed E-state index contributed by atoms with van der Waals surface area (Å²) in [6.45, 7) is 1.99. The Hall–Kier alpha value is -1.55. The molecule has 1 aromatic rings. The van der Waals surface area contributed by atoms with E-state index in [9.17, 15) is 0 Å². The van der Waals surface area contributed by atoms with Gasteiger partial charge < -0.3 is 15.1 Å². The lowest BCUT2D eigenvalue weighted by molar-refractivity contribution is 0.201. The molecule has 0 saturated heterocycles. The average Bonchev–Trinajstić information content (AvgIpc) is 2.26. The normalized spacial score (nSPS) is 11.4. The van der Waals surface area contributed by atoms with Crippen molar-refractivity contribution in [2.75, 3.05) is 13.2 Å². The first kappa shape index (κ1) is 10.5. The third-order valence-corrected chi connectivity index (χ3v) is 1.78. The van der Waals surface area contributed by atoms with Crippen LogP contribution in [0.2, 0.25) is 0 Å². The van der Waals surface area contributed by atoms with Crippen molar-refractivity contribution in [2.24, 2.45) is 5.16 Å². The van der Waals surface area contributed by atoms with Crippen LogP contribution in [0.5, 0.6) is 5.75 Å². The van der Waals surface area contributed by atoms with Gasteiger partial charge in [-0.15, -0.1) is 0 Å². The summed E-state index contributed by atoms with van der Waals surface area (Å²) < 4.78 is 5.17. The van der Waals surface area contributed by atoms with Crippen LogP contribution in [0.1, 0.15) is 12.5 Å². The number of aliphatic hydroxyl groups is 1. The van der Waals surface area contributed by atoms with Crippen LogP contribution >= 0.6 is 0 Å². The number of benzene rings is 1. The molecule has 1 rings (SSSR count). The molecule has 0 amide bonds. The Morgan fingerprint density at radius 3 is 2.50 bits per heavy atom. The van der Waals surface area contributed by atoms with E-state index in [-0.39, 0.29) is 13.2 Å². The molecule has 0 spiro atoms. The molecule has 1 aromatic carbocycles. The Kier molecular flexibility index (Phi) is 3.94. The second kappa shape index (κ2) is 5.24. The summed E-state index contributed by atoms with van der Waals surface area (Å²) in [4.78, 5) is 0. The van der Waals surface area contributed by atoms with Gasteiger partial charge in [0.1, 0.15) is 12.4 Å². The van der Waals surface area contributed by atoms with Crippen molar-refractivity contribution in [3.63, 3.8) is 0 Å². The number of aliphatic hydroxyl groups excluding tert-OH is 1. The quantitative estimate of drug-likeness (QED) is 0.432. The van der Waals surface area contributed by atoms with Gasteiger partial charge in [-0.05, 0) is 36.8 Å².